The molecule has 2 aromatic carbocycles. The van der Waals surface area contributed by atoms with Crippen LogP contribution in [0.4, 0.5) is 19.7 Å². The maximum absolute atomic E-state index is 14.7. The van der Waals surface area contributed by atoms with Gasteiger partial charge in [0.2, 0.25) is 21.8 Å². The quantitative estimate of drug-likeness (QED) is 0.195. The van der Waals surface area contributed by atoms with Crippen LogP contribution in [-0.2, 0) is 56.8 Å². The number of nitro groups is 1. The number of ether oxygens (including phenoxy) is 2. The van der Waals surface area contributed by atoms with Gasteiger partial charge in [-0.2, -0.15) is 0 Å². The summed E-state index contributed by atoms with van der Waals surface area (Å²) in [5.41, 5.74) is -2.64. The fourth-order valence-corrected chi connectivity index (χ4v) is 11.6. The lowest BCUT2D eigenvalue weighted by Crippen LogP contribution is -2.58. The lowest BCUT2D eigenvalue weighted by atomic mass is 10.0. The fourth-order valence-electron chi connectivity index (χ4n) is 8.35. The first-order chi connectivity index (χ1) is 29.6. The number of nitrogens with one attached hydrogen (secondary N) is 3. The van der Waals surface area contributed by atoms with Gasteiger partial charge in [0, 0.05) is 30.5 Å². The number of halogens is 1. The van der Waals surface area contributed by atoms with Crippen molar-refractivity contribution in [3.8, 4) is 0 Å². The van der Waals surface area contributed by atoms with Gasteiger partial charge in [-0.05, 0) is 83.4 Å². The number of hydrogen-bond acceptors (Lipinski definition) is 13. The van der Waals surface area contributed by atoms with Crippen LogP contribution in [-0.4, -0.2) is 108 Å². The van der Waals surface area contributed by atoms with E-state index in [9.17, 15) is 55.3 Å². The molecule has 1 unspecified atom stereocenters. The predicted octanol–water partition coefficient (Wildman–Crippen LogP) is 3.50. The first-order valence-corrected chi connectivity index (χ1v) is 23.7. The van der Waals surface area contributed by atoms with Crippen molar-refractivity contribution in [1.29, 1.82) is 0 Å². The van der Waals surface area contributed by atoms with Gasteiger partial charge in [0.1, 0.15) is 40.0 Å². The number of sulfonamides is 1. The van der Waals surface area contributed by atoms with E-state index in [1.165, 1.54) is 41.3 Å². The Morgan fingerprint density at radius 1 is 0.984 bits per heavy atom. The summed E-state index contributed by atoms with van der Waals surface area (Å²) < 4.78 is 82.3. The van der Waals surface area contributed by atoms with Gasteiger partial charge < -0.3 is 25.0 Å². The van der Waals surface area contributed by atoms with Gasteiger partial charge in [-0.15, -0.1) is 0 Å². The second kappa shape index (κ2) is 17.1. The first-order valence-electron chi connectivity index (χ1n) is 20.6. The number of nitrogens with zero attached hydrogens (tertiary/aromatic N) is 3. The largest absolute Gasteiger partial charge is 0.444 e. The summed E-state index contributed by atoms with van der Waals surface area (Å²) in [4.78, 5) is 82.7. The molecule has 0 bridgehead atoms. The molecule has 0 spiro atoms. The second-order valence-electron chi connectivity index (χ2n) is 17.6. The van der Waals surface area contributed by atoms with Gasteiger partial charge in [-0.3, -0.25) is 34.1 Å². The maximum atomic E-state index is 14.7. The zero-order valence-electron chi connectivity index (χ0n) is 34.8. The second-order valence-corrected chi connectivity index (χ2v) is 21.8. The van der Waals surface area contributed by atoms with Gasteiger partial charge in [-0.25, -0.2) is 30.8 Å². The molecule has 3 heterocycles. The summed E-state index contributed by atoms with van der Waals surface area (Å²) in [5, 5.41) is 15.0. The molecule has 1 saturated heterocycles. The van der Waals surface area contributed by atoms with Crippen molar-refractivity contribution in [3.63, 3.8) is 0 Å². The average molecular weight is 917 g/mol. The smallest absolute Gasteiger partial charge is 0.410 e. The van der Waals surface area contributed by atoms with Crippen LogP contribution < -0.4 is 15.4 Å². The highest BCUT2D eigenvalue weighted by Gasteiger charge is 2.62. The fraction of sp³-hybridized carbons (Fsp3) is 0.537. The van der Waals surface area contributed by atoms with Gasteiger partial charge in [0.15, 0.2) is 9.84 Å². The highest BCUT2D eigenvalue weighted by molar-refractivity contribution is 7.92. The molecule has 2 saturated carbocycles. The molecule has 0 aromatic heterocycles. The van der Waals surface area contributed by atoms with E-state index in [-0.39, 0.29) is 58.2 Å². The van der Waals surface area contributed by atoms with Crippen LogP contribution in [0.1, 0.15) is 83.3 Å². The van der Waals surface area contributed by atoms with Crippen LogP contribution in [0.25, 0.3) is 0 Å². The van der Waals surface area contributed by atoms with E-state index in [1.54, 1.807) is 26.8 Å². The molecule has 6 atom stereocenters. The van der Waals surface area contributed by atoms with Crippen LogP contribution in [0.2, 0.25) is 0 Å². The van der Waals surface area contributed by atoms with Crippen LogP contribution in [0.5, 0.6) is 0 Å². The third-order valence-electron chi connectivity index (χ3n) is 11.8. The third-order valence-corrected chi connectivity index (χ3v) is 15.9. The zero-order chi connectivity index (χ0) is 45.6. The Balaban J connectivity index is 1.22. The number of fused-ring (bicyclic) bond motifs is 3. The number of carbonyl (C=O) groups excluding carboxylic acids is 5. The van der Waals surface area contributed by atoms with Crippen LogP contribution in [0, 0.1) is 21.8 Å². The minimum absolute atomic E-state index is 0.0394. The Morgan fingerprint density at radius 2 is 1.71 bits per heavy atom. The monoisotopic (exact) mass is 916 g/mol. The summed E-state index contributed by atoms with van der Waals surface area (Å²) >= 11 is 0. The molecule has 7 rings (SSSR count). The Kier molecular flexibility index (Phi) is 12.4. The summed E-state index contributed by atoms with van der Waals surface area (Å²) in [6.07, 6.45) is -0.442. The molecule has 5 amide bonds. The predicted molar refractivity (Wildman–Crippen MR) is 220 cm³/mol. The number of carbonyl (C=O) groups is 5. The minimum Gasteiger partial charge on any atom is -0.444 e. The number of nitro benzene ring substituents is 1. The molecule has 63 heavy (non-hydrogen) atoms. The van der Waals surface area contributed by atoms with Gasteiger partial charge in [0.05, 0.1) is 28.5 Å². The van der Waals surface area contributed by atoms with E-state index in [2.05, 4.69) is 15.4 Å². The maximum Gasteiger partial charge on any atom is 0.410 e. The lowest BCUT2D eigenvalue weighted by molar-refractivity contribution is -0.387. The topological polar surface area (TPSA) is 258 Å². The Bertz CT molecular complexity index is 2470. The van der Waals surface area contributed by atoms with Crippen molar-refractivity contribution in [3.05, 3.63) is 81.7 Å². The Morgan fingerprint density at radius 3 is 2.40 bits per heavy atom. The SMILES string of the molecule is CC(C)(C)OC(=O)N[C@H]1CCCC(S(=O)(=O)c2ccccc2[N+](=O)[O-])C/C=C\[C@H]2C[C@@]2(C(=O)NS(=O)(=O)C2CC2)NC(=O)[C@@H]2C[C@@H](OC(=O)N3Cc4cccc(F)c4C3)CN2C1=O. The number of allylic oxidation sites excluding steroid dienone is 1. The first kappa shape index (κ1) is 45.4. The van der Waals surface area contributed by atoms with Gasteiger partial charge in [-0.1, -0.05) is 36.4 Å². The number of hydrogen-bond donors (Lipinski definition) is 3. The Hall–Kier alpha value is -5.64. The molecule has 340 valence electrons. The van der Waals surface area contributed by atoms with Crippen LogP contribution >= 0.6 is 0 Å². The lowest BCUT2D eigenvalue weighted by Gasteiger charge is -2.30. The van der Waals surface area contributed by atoms with E-state index in [1.807, 2.05) is 0 Å². The number of amides is 5. The molecular weight excluding hydrogens is 868 g/mol. The molecule has 22 heteroatoms. The number of benzene rings is 2. The van der Waals surface area contributed by atoms with E-state index in [0.29, 0.717) is 24.0 Å². The summed E-state index contributed by atoms with van der Waals surface area (Å²) in [6.45, 7) is 4.35. The molecule has 3 fully saturated rings. The highest BCUT2D eigenvalue weighted by Crippen LogP contribution is 2.46. The van der Waals surface area contributed by atoms with Crippen LogP contribution in [0.15, 0.2) is 59.5 Å². The number of rotatable bonds is 8. The van der Waals surface area contributed by atoms with Crippen molar-refractivity contribution in [2.75, 3.05) is 6.54 Å². The molecule has 3 aliphatic heterocycles. The minimum atomic E-state index is -4.46. The molecular formula is C41H49FN6O13S2. The third kappa shape index (κ3) is 9.80. The van der Waals surface area contributed by atoms with Crippen molar-refractivity contribution in [2.45, 2.75) is 130 Å². The summed E-state index contributed by atoms with van der Waals surface area (Å²) in [6, 6.07) is 6.42. The van der Waals surface area contributed by atoms with Gasteiger partial charge in [0.25, 0.3) is 11.6 Å². The molecule has 3 N–H and O–H groups in total. The number of sulfone groups is 1. The standard InChI is InChI=1S/C41H49FN6O13S2/c1-40(2,3)61-38(52)43-31-14-8-12-27(62(56,57)34-16-5-4-15-32(34)48(54)55)11-7-10-25-20-41(25,37(51)45-63(58,59)28-17-18-28)44-35(49)33-19-26(22-47(33)36(31)50)60-39(53)46-21-24-9-6-13-30(42)29(24)23-46/h4-7,9-10,13,15-16,25-28,31,33H,8,11-12,14,17-23H2,1-3H3,(H,43,52)(H,44,49)(H,45,51)/b10-7-/t25-,26+,27?,31-,33-,41+/m0/s1. The van der Waals surface area contributed by atoms with Crippen LogP contribution in [0.3, 0.4) is 0 Å². The van der Waals surface area contributed by atoms with E-state index >= 15 is 0 Å². The Labute approximate surface area is 363 Å². The molecule has 0 radical (unpaired) electrons. The molecule has 5 aliphatic rings. The van der Waals surface area contributed by atoms with E-state index in [0.717, 1.165) is 17.0 Å². The summed E-state index contributed by atoms with van der Waals surface area (Å²) in [5.74, 6) is -4.14. The molecule has 2 aliphatic carbocycles. The number of alkyl carbamates (subject to hydrolysis) is 1. The van der Waals surface area contributed by atoms with Gasteiger partial charge >= 0.3 is 12.2 Å². The van der Waals surface area contributed by atoms with Crippen molar-refractivity contribution < 1.29 is 59.6 Å². The van der Waals surface area contributed by atoms with Crippen molar-refractivity contribution in [1.82, 2.24) is 25.2 Å². The number of para-hydroxylation sites is 1. The average Bonchev–Trinajstić information content (AvgIpc) is 4.09. The summed E-state index contributed by atoms with van der Waals surface area (Å²) in [7, 11) is -8.58. The highest BCUT2D eigenvalue weighted by atomic mass is 32.2. The van der Waals surface area contributed by atoms with E-state index in [4.69, 9.17) is 9.47 Å². The normalized spacial score (nSPS) is 27.0. The molecule has 2 aromatic rings. The molecule has 19 nitrogen and oxygen atoms in total. The van der Waals surface area contributed by atoms with Crippen molar-refractivity contribution >= 4 is 55.5 Å². The zero-order valence-corrected chi connectivity index (χ0v) is 36.4. The van der Waals surface area contributed by atoms with E-state index < -0.39 is 117 Å². The van der Waals surface area contributed by atoms with Crippen molar-refractivity contribution in [2.24, 2.45) is 5.92 Å².